The van der Waals surface area contributed by atoms with Crippen LogP contribution in [0.5, 0.6) is 0 Å². The summed E-state index contributed by atoms with van der Waals surface area (Å²) in [4.78, 5) is 9.29. The lowest BCUT2D eigenvalue weighted by Crippen LogP contribution is -2.19. The van der Waals surface area contributed by atoms with E-state index in [1.807, 2.05) is 29.0 Å². The van der Waals surface area contributed by atoms with Crippen molar-refractivity contribution in [2.45, 2.75) is 36.9 Å². The molecule has 0 radical (unpaired) electrons. The van der Waals surface area contributed by atoms with E-state index in [1.165, 1.54) is 25.7 Å². The molecule has 2 aromatic heterocycles. The predicted molar refractivity (Wildman–Crippen MR) is 102 cm³/mol. The summed E-state index contributed by atoms with van der Waals surface area (Å²) < 4.78 is 2.73. The molecule has 24 heavy (non-hydrogen) atoms. The van der Waals surface area contributed by atoms with Gasteiger partial charge in [-0.05, 0) is 35.0 Å². The lowest BCUT2D eigenvalue weighted by molar-refractivity contribution is 0.720. The average molecular weight is 404 g/mol. The van der Waals surface area contributed by atoms with Gasteiger partial charge in [-0.15, -0.1) is 0 Å². The first kappa shape index (κ1) is 15.9. The molecule has 124 valence electrons. The molecule has 0 amide bonds. The van der Waals surface area contributed by atoms with Crippen LogP contribution in [-0.4, -0.2) is 31.9 Å². The third kappa shape index (κ3) is 2.91. The van der Waals surface area contributed by atoms with Crippen LogP contribution in [0.25, 0.3) is 16.9 Å². The molecule has 3 aromatic rings. The SMILES string of the molecule is CSc1nc(NC2CCCC2)n2nc(-c3ccccc3)c(Br)c2n1. The molecule has 0 aliphatic heterocycles. The summed E-state index contributed by atoms with van der Waals surface area (Å²) in [5, 5.41) is 9.09. The number of benzene rings is 1. The molecule has 1 fully saturated rings. The van der Waals surface area contributed by atoms with Gasteiger partial charge < -0.3 is 5.32 Å². The second kappa shape index (κ2) is 6.72. The average Bonchev–Trinajstić information content (AvgIpc) is 3.24. The van der Waals surface area contributed by atoms with Crippen molar-refractivity contribution in [3.05, 3.63) is 34.8 Å². The largest absolute Gasteiger partial charge is 0.351 e. The van der Waals surface area contributed by atoms with Gasteiger partial charge in [0.05, 0.1) is 4.47 Å². The molecular formula is C17H18BrN5S. The Bertz CT molecular complexity index is 858. The van der Waals surface area contributed by atoms with Gasteiger partial charge in [-0.2, -0.15) is 14.6 Å². The molecule has 0 saturated heterocycles. The molecule has 0 atom stereocenters. The number of hydrogen-bond acceptors (Lipinski definition) is 5. The van der Waals surface area contributed by atoms with E-state index in [0.29, 0.717) is 6.04 Å². The van der Waals surface area contributed by atoms with Crippen molar-refractivity contribution < 1.29 is 0 Å². The molecule has 2 heterocycles. The third-order valence-electron chi connectivity index (χ3n) is 4.33. The Morgan fingerprint density at radius 2 is 1.92 bits per heavy atom. The Labute approximate surface area is 153 Å². The van der Waals surface area contributed by atoms with E-state index in [9.17, 15) is 0 Å². The fraction of sp³-hybridized carbons (Fsp3) is 0.353. The third-order valence-corrected chi connectivity index (χ3v) is 5.60. The van der Waals surface area contributed by atoms with Crippen LogP contribution in [0.4, 0.5) is 5.95 Å². The Balaban J connectivity index is 1.85. The standard InChI is InChI=1S/C17H18BrN5S/c1-24-17-20-15-13(18)14(11-7-3-2-4-8-11)22-23(15)16(21-17)19-12-9-5-6-10-12/h2-4,7-8,12H,5-6,9-10H2,1H3,(H,19,20,21). The molecule has 1 saturated carbocycles. The number of aromatic nitrogens is 4. The van der Waals surface area contributed by atoms with E-state index in [2.05, 4.69) is 43.3 Å². The number of hydrogen-bond donors (Lipinski definition) is 1. The van der Waals surface area contributed by atoms with Gasteiger partial charge in [0.1, 0.15) is 5.69 Å². The second-order valence-corrected chi connectivity index (χ2v) is 7.49. The molecule has 7 heteroatoms. The van der Waals surface area contributed by atoms with Crippen LogP contribution < -0.4 is 5.32 Å². The maximum absolute atomic E-state index is 4.77. The normalized spacial score (nSPS) is 15.2. The lowest BCUT2D eigenvalue weighted by Gasteiger charge is -2.13. The predicted octanol–water partition coefficient (Wildman–Crippen LogP) is 4.63. The molecule has 0 unspecified atom stereocenters. The van der Waals surface area contributed by atoms with Crippen molar-refractivity contribution in [3.63, 3.8) is 0 Å². The molecular weight excluding hydrogens is 386 g/mol. The number of thioether (sulfide) groups is 1. The fourth-order valence-corrected chi connectivity index (χ4v) is 4.03. The summed E-state index contributed by atoms with van der Waals surface area (Å²) in [5.41, 5.74) is 2.75. The highest BCUT2D eigenvalue weighted by atomic mass is 79.9. The number of halogens is 1. The molecule has 5 nitrogen and oxygen atoms in total. The van der Waals surface area contributed by atoms with Crippen LogP contribution in [0.15, 0.2) is 40.0 Å². The van der Waals surface area contributed by atoms with E-state index in [-0.39, 0.29) is 0 Å². The van der Waals surface area contributed by atoms with Gasteiger partial charge in [-0.25, -0.2) is 4.98 Å². The van der Waals surface area contributed by atoms with Crippen molar-refractivity contribution in [1.82, 2.24) is 19.6 Å². The minimum atomic E-state index is 0.473. The summed E-state index contributed by atoms with van der Waals surface area (Å²) >= 11 is 5.23. The molecule has 0 spiro atoms. The Morgan fingerprint density at radius 3 is 2.62 bits per heavy atom. The Kier molecular flexibility index (Phi) is 4.45. The number of rotatable bonds is 4. The van der Waals surface area contributed by atoms with E-state index >= 15 is 0 Å². The van der Waals surface area contributed by atoms with Crippen molar-refractivity contribution in [2.24, 2.45) is 0 Å². The molecule has 1 aliphatic rings. The topological polar surface area (TPSA) is 55.1 Å². The fourth-order valence-electron chi connectivity index (χ4n) is 3.11. The second-order valence-electron chi connectivity index (χ2n) is 5.92. The van der Waals surface area contributed by atoms with E-state index in [0.717, 1.165) is 32.5 Å². The lowest BCUT2D eigenvalue weighted by atomic mass is 10.2. The quantitative estimate of drug-likeness (QED) is 0.643. The minimum Gasteiger partial charge on any atom is -0.351 e. The van der Waals surface area contributed by atoms with Crippen LogP contribution in [0, 0.1) is 0 Å². The first-order valence-corrected chi connectivity index (χ1v) is 10.1. The first-order chi connectivity index (χ1) is 11.8. The smallest absolute Gasteiger partial charge is 0.228 e. The number of nitrogens with one attached hydrogen (secondary N) is 1. The van der Waals surface area contributed by atoms with Crippen LogP contribution in [-0.2, 0) is 0 Å². The van der Waals surface area contributed by atoms with Gasteiger partial charge in [0.15, 0.2) is 10.8 Å². The van der Waals surface area contributed by atoms with Crippen LogP contribution in [0.2, 0.25) is 0 Å². The highest BCUT2D eigenvalue weighted by Gasteiger charge is 2.21. The summed E-state index contributed by atoms with van der Waals surface area (Å²) in [5.74, 6) is 0.777. The van der Waals surface area contributed by atoms with Crippen molar-refractivity contribution in [1.29, 1.82) is 0 Å². The highest BCUT2D eigenvalue weighted by Crippen LogP contribution is 2.32. The molecule has 4 rings (SSSR count). The zero-order valence-corrected chi connectivity index (χ0v) is 15.8. The van der Waals surface area contributed by atoms with E-state index < -0.39 is 0 Å². The number of nitrogens with zero attached hydrogens (tertiary/aromatic N) is 4. The van der Waals surface area contributed by atoms with Gasteiger partial charge in [-0.1, -0.05) is 54.9 Å². The van der Waals surface area contributed by atoms with Gasteiger partial charge in [-0.3, -0.25) is 0 Å². The van der Waals surface area contributed by atoms with Crippen LogP contribution in [0.3, 0.4) is 0 Å². The molecule has 1 aliphatic carbocycles. The van der Waals surface area contributed by atoms with Gasteiger partial charge in [0.25, 0.3) is 0 Å². The Morgan fingerprint density at radius 1 is 1.17 bits per heavy atom. The minimum absolute atomic E-state index is 0.473. The number of fused-ring (bicyclic) bond motifs is 1. The zero-order valence-electron chi connectivity index (χ0n) is 13.4. The number of anilines is 1. The van der Waals surface area contributed by atoms with Crippen LogP contribution in [0.1, 0.15) is 25.7 Å². The Hall–Kier alpha value is -1.60. The van der Waals surface area contributed by atoms with Gasteiger partial charge >= 0.3 is 0 Å². The van der Waals surface area contributed by atoms with Crippen molar-refractivity contribution in [3.8, 4) is 11.3 Å². The van der Waals surface area contributed by atoms with E-state index in [4.69, 9.17) is 5.10 Å². The summed E-state index contributed by atoms with van der Waals surface area (Å²) in [6.45, 7) is 0. The van der Waals surface area contributed by atoms with E-state index in [1.54, 1.807) is 11.8 Å². The summed E-state index contributed by atoms with van der Waals surface area (Å²) in [6.07, 6.45) is 6.93. The zero-order chi connectivity index (χ0) is 16.5. The summed E-state index contributed by atoms with van der Waals surface area (Å²) in [6, 6.07) is 10.6. The molecule has 0 bridgehead atoms. The van der Waals surface area contributed by atoms with Crippen molar-refractivity contribution in [2.75, 3.05) is 11.6 Å². The molecule has 1 N–H and O–H groups in total. The monoisotopic (exact) mass is 403 g/mol. The van der Waals surface area contributed by atoms with Crippen molar-refractivity contribution >= 4 is 39.3 Å². The summed E-state index contributed by atoms with van der Waals surface area (Å²) in [7, 11) is 0. The molecule has 1 aromatic carbocycles. The maximum atomic E-state index is 4.77. The van der Waals surface area contributed by atoms with Crippen LogP contribution >= 0.6 is 27.7 Å². The van der Waals surface area contributed by atoms with Gasteiger partial charge in [0.2, 0.25) is 5.95 Å². The highest BCUT2D eigenvalue weighted by molar-refractivity contribution is 9.10. The maximum Gasteiger partial charge on any atom is 0.228 e. The van der Waals surface area contributed by atoms with Gasteiger partial charge in [0, 0.05) is 11.6 Å². The first-order valence-electron chi connectivity index (χ1n) is 8.08.